The van der Waals surface area contributed by atoms with Crippen LogP contribution in [-0.2, 0) is 0 Å². The van der Waals surface area contributed by atoms with E-state index >= 15 is 0 Å². The van der Waals surface area contributed by atoms with E-state index in [1.807, 2.05) is 0 Å². The molecule has 0 atom stereocenters. The summed E-state index contributed by atoms with van der Waals surface area (Å²) in [4.78, 5) is 44.9. The van der Waals surface area contributed by atoms with Gasteiger partial charge in [0.2, 0.25) is 11.8 Å². The molecule has 9 nitrogen and oxygen atoms in total. The van der Waals surface area contributed by atoms with Crippen molar-refractivity contribution in [1.82, 2.24) is 0 Å². The molecule has 3 amide bonds. The maximum atomic E-state index is 12.2. The smallest absolute Gasteiger partial charge is 0.270 e. The first kappa shape index (κ1) is 16.6. The minimum absolute atomic E-state index is 0.0133. The first-order valence-electron chi connectivity index (χ1n) is 6.58. The topological polar surface area (TPSA) is 158 Å². The third-order valence-electron chi connectivity index (χ3n) is 3.08. The summed E-state index contributed by atoms with van der Waals surface area (Å²) in [5.74, 6) is -2.26. The molecule has 0 bridgehead atoms. The number of benzene rings is 2. The second-order valence-electron chi connectivity index (χ2n) is 4.79. The van der Waals surface area contributed by atoms with E-state index in [-0.39, 0.29) is 28.1 Å². The molecule has 0 saturated heterocycles. The fraction of sp³-hybridized carbons (Fsp3) is 0. The quantitative estimate of drug-likeness (QED) is 0.551. The minimum atomic E-state index is -0.802. The molecule has 122 valence electrons. The Balaban J connectivity index is 2.34. The van der Waals surface area contributed by atoms with E-state index in [0.717, 1.165) is 6.07 Å². The van der Waals surface area contributed by atoms with Crippen LogP contribution in [0.4, 0.5) is 11.4 Å². The molecule has 2 aromatic rings. The molecular formula is C15H12N4O5. The van der Waals surface area contributed by atoms with Crippen LogP contribution in [0.1, 0.15) is 31.1 Å². The number of nitrogens with one attached hydrogen (secondary N) is 1. The van der Waals surface area contributed by atoms with Crippen LogP contribution in [0.3, 0.4) is 0 Å². The lowest BCUT2D eigenvalue weighted by atomic mass is 10.1. The Morgan fingerprint density at radius 1 is 0.917 bits per heavy atom. The van der Waals surface area contributed by atoms with Crippen LogP contribution in [0.5, 0.6) is 0 Å². The predicted molar refractivity (Wildman–Crippen MR) is 84.5 cm³/mol. The zero-order valence-corrected chi connectivity index (χ0v) is 12.2. The molecule has 0 aromatic heterocycles. The van der Waals surface area contributed by atoms with Crippen LogP contribution >= 0.6 is 0 Å². The second kappa shape index (κ2) is 6.57. The number of nitro benzene ring substituents is 1. The van der Waals surface area contributed by atoms with Crippen molar-refractivity contribution in [3.8, 4) is 0 Å². The number of nitrogens with zero attached hydrogens (tertiary/aromatic N) is 1. The highest BCUT2D eigenvalue weighted by molar-refractivity contribution is 6.06. The van der Waals surface area contributed by atoms with Crippen molar-refractivity contribution in [2.45, 2.75) is 0 Å². The van der Waals surface area contributed by atoms with Crippen LogP contribution in [0, 0.1) is 10.1 Å². The number of hydrogen-bond donors (Lipinski definition) is 3. The van der Waals surface area contributed by atoms with Gasteiger partial charge in [0.25, 0.3) is 11.6 Å². The van der Waals surface area contributed by atoms with Crippen LogP contribution in [0.25, 0.3) is 0 Å². The summed E-state index contributed by atoms with van der Waals surface area (Å²) < 4.78 is 0. The molecule has 2 aromatic carbocycles. The number of anilines is 1. The van der Waals surface area contributed by atoms with E-state index in [1.54, 1.807) is 0 Å². The average molecular weight is 328 g/mol. The van der Waals surface area contributed by atoms with Gasteiger partial charge in [-0.25, -0.2) is 0 Å². The predicted octanol–water partition coefficient (Wildman–Crippen LogP) is 1.04. The third-order valence-corrected chi connectivity index (χ3v) is 3.08. The summed E-state index contributed by atoms with van der Waals surface area (Å²) in [5.41, 5.74) is 10.2. The zero-order chi connectivity index (χ0) is 17.9. The standard InChI is InChI=1S/C15H12N4O5/c16-13(20)9-4-10(14(17)21)6-11(5-9)18-15(22)8-2-1-3-12(7-8)19(23)24/h1-7H,(H2,16,20)(H2,17,21)(H,18,22). The van der Waals surface area contributed by atoms with Crippen molar-refractivity contribution in [2.24, 2.45) is 11.5 Å². The maximum absolute atomic E-state index is 12.2. The number of nitrogens with two attached hydrogens (primary N) is 2. The van der Waals surface area contributed by atoms with Gasteiger partial charge >= 0.3 is 0 Å². The number of carbonyl (C=O) groups is 3. The third kappa shape index (κ3) is 3.71. The molecular weight excluding hydrogens is 316 g/mol. The fourth-order valence-electron chi connectivity index (χ4n) is 1.95. The van der Waals surface area contributed by atoms with Gasteiger partial charge in [-0.15, -0.1) is 0 Å². The number of non-ortho nitro benzene ring substituents is 1. The van der Waals surface area contributed by atoms with Gasteiger partial charge < -0.3 is 16.8 Å². The molecule has 2 rings (SSSR count). The Hall–Kier alpha value is -3.75. The summed E-state index contributed by atoms with van der Waals surface area (Å²) >= 11 is 0. The van der Waals surface area contributed by atoms with Gasteiger partial charge in [-0.3, -0.25) is 24.5 Å². The molecule has 0 aliphatic heterocycles. The van der Waals surface area contributed by atoms with Gasteiger partial charge in [0.05, 0.1) is 4.92 Å². The summed E-state index contributed by atoms with van der Waals surface area (Å²) in [6.07, 6.45) is 0. The highest BCUT2D eigenvalue weighted by Gasteiger charge is 2.14. The minimum Gasteiger partial charge on any atom is -0.366 e. The molecule has 0 saturated carbocycles. The van der Waals surface area contributed by atoms with E-state index in [4.69, 9.17) is 11.5 Å². The van der Waals surface area contributed by atoms with Crippen LogP contribution in [-0.4, -0.2) is 22.6 Å². The van der Waals surface area contributed by atoms with Crippen molar-refractivity contribution in [1.29, 1.82) is 0 Å². The molecule has 0 aliphatic rings. The van der Waals surface area contributed by atoms with E-state index in [0.29, 0.717) is 0 Å². The van der Waals surface area contributed by atoms with Crippen molar-refractivity contribution >= 4 is 29.1 Å². The Morgan fingerprint density at radius 3 is 2.00 bits per heavy atom. The van der Waals surface area contributed by atoms with Crippen LogP contribution in [0.2, 0.25) is 0 Å². The number of primary amides is 2. The lowest BCUT2D eigenvalue weighted by Gasteiger charge is -2.08. The molecule has 9 heteroatoms. The Kier molecular flexibility index (Phi) is 4.55. The van der Waals surface area contributed by atoms with Crippen LogP contribution < -0.4 is 16.8 Å². The molecule has 0 radical (unpaired) electrons. The maximum Gasteiger partial charge on any atom is 0.270 e. The lowest BCUT2D eigenvalue weighted by molar-refractivity contribution is -0.384. The largest absolute Gasteiger partial charge is 0.366 e. The number of carbonyl (C=O) groups excluding carboxylic acids is 3. The molecule has 5 N–H and O–H groups in total. The van der Waals surface area contributed by atoms with E-state index < -0.39 is 22.6 Å². The van der Waals surface area contributed by atoms with Crippen molar-refractivity contribution in [3.63, 3.8) is 0 Å². The molecule has 0 fully saturated rings. The fourth-order valence-corrected chi connectivity index (χ4v) is 1.95. The molecule has 0 heterocycles. The van der Waals surface area contributed by atoms with E-state index in [1.165, 1.54) is 36.4 Å². The van der Waals surface area contributed by atoms with Gasteiger partial charge in [0.15, 0.2) is 0 Å². The van der Waals surface area contributed by atoms with Crippen molar-refractivity contribution < 1.29 is 19.3 Å². The van der Waals surface area contributed by atoms with E-state index in [9.17, 15) is 24.5 Å². The van der Waals surface area contributed by atoms with E-state index in [2.05, 4.69) is 5.32 Å². The van der Waals surface area contributed by atoms with Gasteiger partial charge in [0.1, 0.15) is 0 Å². The van der Waals surface area contributed by atoms with Crippen molar-refractivity contribution in [3.05, 3.63) is 69.3 Å². The highest BCUT2D eigenvalue weighted by atomic mass is 16.6. The van der Waals surface area contributed by atoms with Crippen molar-refractivity contribution in [2.75, 3.05) is 5.32 Å². The number of amides is 3. The normalized spacial score (nSPS) is 10.0. The van der Waals surface area contributed by atoms with Gasteiger partial charge in [-0.2, -0.15) is 0 Å². The number of nitro groups is 1. The summed E-state index contributed by atoms with van der Waals surface area (Å²) in [6.45, 7) is 0. The number of hydrogen-bond acceptors (Lipinski definition) is 5. The molecule has 0 aliphatic carbocycles. The zero-order valence-electron chi connectivity index (χ0n) is 12.2. The summed E-state index contributed by atoms with van der Waals surface area (Å²) in [7, 11) is 0. The first-order chi connectivity index (χ1) is 11.3. The highest BCUT2D eigenvalue weighted by Crippen LogP contribution is 2.18. The first-order valence-corrected chi connectivity index (χ1v) is 6.58. The van der Waals surface area contributed by atoms with Crippen LogP contribution in [0.15, 0.2) is 42.5 Å². The lowest BCUT2D eigenvalue weighted by Crippen LogP contribution is -2.18. The molecule has 0 spiro atoms. The monoisotopic (exact) mass is 328 g/mol. The molecule has 24 heavy (non-hydrogen) atoms. The Morgan fingerprint density at radius 2 is 1.50 bits per heavy atom. The van der Waals surface area contributed by atoms with Gasteiger partial charge in [-0.1, -0.05) is 6.07 Å². The Labute approximate surface area is 135 Å². The summed E-state index contributed by atoms with van der Waals surface area (Å²) in [6, 6.07) is 8.83. The molecule has 0 unspecified atom stereocenters. The van der Waals surface area contributed by atoms with Gasteiger partial charge in [0, 0.05) is 34.5 Å². The van der Waals surface area contributed by atoms with Gasteiger partial charge in [-0.05, 0) is 24.3 Å². The average Bonchev–Trinajstić information content (AvgIpc) is 2.54. The SMILES string of the molecule is NC(=O)c1cc(NC(=O)c2cccc([N+](=O)[O-])c2)cc(C(N)=O)c1. The summed E-state index contributed by atoms with van der Waals surface area (Å²) in [5, 5.41) is 13.2. The Bertz CT molecular complexity index is 830. The second-order valence-corrected chi connectivity index (χ2v) is 4.79. The number of rotatable bonds is 5.